The van der Waals surface area contributed by atoms with E-state index in [1.165, 1.54) is 0 Å². The fraction of sp³-hybridized carbons (Fsp3) is 0.545. The lowest BCUT2D eigenvalue weighted by Crippen LogP contribution is -2.34. The van der Waals surface area contributed by atoms with E-state index in [2.05, 4.69) is 25.6 Å². The van der Waals surface area contributed by atoms with Gasteiger partial charge < -0.3 is 10.6 Å². The normalized spacial score (nSPS) is 11.1. The summed E-state index contributed by atoms with van der Waals surface area (Å²) in [5.74, 6) is 0.219. The summed E-state index contributed by atoms with van der Waals surface area (Å²) < 4.78 is 23.9. The van der Waals surface area contributed by atoms with Crippen molar-refractivity contribution in [2.24, 2.45) is 0 Å². The molecule has 1 heterocycles. The minimum Gasteiger partial charge on any atom is -0.369 e. The highest BCUT2D eigenvalue weighted by Crippen LogP contribution is 2.01. The predicted octanol–water partition coefficient (Wildman–Crippen LogP) is -0.422. The lowest BCUT2D eigenvalue weighted by atomic mass is 10.3. The van der Waals surface area contributed by atoms with Crippen LogP contribution in [0.5, 0.6) is 0 Å². The fourth-order valence-corrected chi connectivity index (χ4v) is 1.78. The minimum atomic E-state index is -3.24. The van der Waals surface area contributed by atoms with Gasteiger partial charge in [0, 0.05) is 19.6 Å². The van der Waals surface area contributed by atoms with Gasteiger partial charge in [-0.15, -0.1) is 10.2 Å². The Hall–Kier alpha value is -1.74. The Morgan fingerprint density at radius 3 is 2.50 bits per heavy atom. The van der Waals surface area contributed by atoms with Crippen molar-refractivity contribution >= 4 is 21.7 Å². The molecule has 0 saturated heterocycles. The Morgan fingerprint density at radius 1 is 1.20 bits per heavy atom. The van der Waals surface area contributed by atoms with Crippen molar-refractivity contribution in [3.05, 3.63) is 17.8 Å². The molecule has 0 bridgehead atoms. The SMILES string of the molecule is CCCNc1ccc(C(=O)NCCNS(C)(=O)=O)nn1. The number of aromatic nitrogens is 2. The van der Waals surface area contributed by atoms with Crippen molar-refractivity contribution in [2.75, 3.05) is 31.2 Å². The number of nitrogens with zero attached hydrogens (tertiary/aromatic N) is 2. The molecule has 8 nitrogen and oxygen atoms in total. The van der Waals surface area contributed by atoms with Gasteiger partial charge in [0.2, 0.25) is 10.0 Å². The highest BCUT2D eigenvalue weighted by Gasteiger charge is 2.08. The summed E-state index contributed by atoms with van der Waals surface area (Å²) in [6.45, 7) is 3.14. The van der Waals surface area contributed by atoms with Crippen molar-refractivity contribution < 1.29 is 13.2 Å². The Bertz CT molecular complexity index is 529. The molecule has 1 amide bonds. The number of hydrogen-bond acceptors (Lipinski definition) is 6. The molecule has 1 rings (SSSR count). The number of carbonyl (C=O) groups excluding carboxylic acids is 1. The van der Waals surface area contributed by atoms with Crippen LogP contribution >= 0.6 is 0 Å². The molecule has 0 saturated carbocycles. The predicted molar refractivity (Wildman–Crippen MR) is 76.0 cm³/mol. The summed E-state index contributed by atoms with van der Waals surface area (Å²) in [5.41, 5.74) is 0.186. The van der Waals surface area contributed by atoms with Gasteiger partial charge in [-0.2, -0.15) is 0 Å². The van der Waals surface area contributed by atoms with E-state index in [-0.39, 0.29) is 18.8 Å². The van der Waals surface area contributed by atoms with Crippen LogP contribution < -0.4 is 15.4 Å². The molecule has 0 unspecified atom stereocenters. The lowest BCUT2D eigenvalue weighted by Gasteiger charge is -2.06. The topological polar surface area (TPSA) is 113 Å². The second-order valence-electron chi connectivity index (χ2n) is 4.15. The smallest absolute Gasteiger partial charge is 0.271 e. The van der Waals surface area contributed by atoms with Crippen molar-refractivity contribution in [3.63, 3.8) is 0 Å². The van der Waals surface area contributed by atoms with Crippen molar-refractivity contribution in [3.8, 4) is 0 Å². The van der Waals surface area contributed by atoms with E-state index in [9.17, 15) is 13.2 Å². The number of amides is 1. The molecule has 1 aromatic heterocycles. The first kappa shape index (κ1) is 16.3. The second kappa shape index (κ2) is 7.75. The van der Waals surface area contributed by atoms with Crippen LogP contribution in [0.1, 0.15) is 23.8 Å². The molecule has 3 N–H and O–H groups in total. The molecule has 20 heavy (non-hydrogen) atoms. The van der Waals surface area contributed by atoms with E-state index in [0.29, 0.717) is 5.82 Å². The first-order chi connectivity index (χ1) is 9.42. The maximum atomic E-state index is 11.7. The third-order valence-corrected chi connectivity index (χ3v) is 2.96. The van der Waals surface area contributed by atoms with E-state index < -0.39 is 15.9 Å². The van der Waals surface area contributed by atoms with Gasteiger partial charge >= 0.3 is 0 Å². The van der Waals surface area contributed by atoms with Crippen LogP contribution in [0.4, 0.5) is 5.82 Å². The van der Waals surface area contributed by atoms with Gasteiger partial charge in [-0.25, -0.2) is 13.1 Å². The van der Waals surface area contributed by atoms with Crippen molar-refractivity contribution in [2.45, 2.75) is 13.3 Å². The average molecular weight is 301 g/mol. The van der Waals surface area contributed by atoms with Gasteiger partial charge in [0.15, 0.2) is 5.69 Å². The van der Waals surface area contributed by atoms with E-state index in [1.807, 2.05) is 6.92 Å². The first-order valence-electron chi connectivity index (χ1n) is 6.23. The molecule has 0 aromatic carbocycles. The minimum absolute atomic E-state index is 0.133. The van der Waals surface area contributed by atoms with Crippen LogP contribution in [-0.2, 0) is 10.0 Å². The summed E-state index contributed by atoms with van der Waals surface area (Å²) >= 11 is 0. The standard InChI is InChI=1S/C11H19N5O3S/c1-3-6-12-10-5-4-9(15-16-10)11(17)13-7-8-14-20(2,18)19/h4-5,14H,3,6-8H2,1-2H3,(H,12,16)(H,13,17). The van der Waals surface area contributed by atoms with E-state index >= 15 is 0 Å². The number of carbonyl (C=O) groups is 1. The van der Waals surface area contributed by atoms with Gasteiger partial charge in [-0.1, -0.05) is 6.92 Å². The molecule has 9 heteroatoms. The van der Waals surface area contributed by atoms with Gasteiger partial charge in [0.1, 0.15) is 5.82 Å². The molecule has 0 aliphatic rings. The Morgan fingerprint density at radius 2 is 1.95 bits per heavy atom. The zero-order valence-electron chi connectivity index (χ0n) is 11.5. The zero-order valence-corrected chi connectivity index (χ0v) is 12.3. The number of nitrogens with one attached hydrogen (secondary N) is 3. The van der Waals surface area contributed by atoms with Crippen LogP contribution in [0.15, 0.2) is 12.1 Å². The highest BCUT2D eigenvalue weighted by atomic mass is 32.2. The van der Waals surface area contributed by atoms with E-state index in [0.717, 1.165) is 19.2 Å². The average Bonchev–Trinajstić information content (AvgIpc) is 2.40. The molecule has 0 aliphatic carbocycles. The molecule has 0 fully saturated rings. The zero-order chi connectivity index (χ0) is 15.0. The monoisotopic (exact) mass is 301 g/mol. The van der Waals surface area contributed by atoms with E-state index in [4.69, 9.17) is 0 Å². The number of rotatable bonds is 8. The van der Waals surface area contributed by atoms with Crippen LogP contribution in [-0.4, -0.2) is 50.4 Å². The summed E-state index contributed by atoms with van der Waals surface area (Å²) in [4.78, 5) is 11.7. The quantitative estimate of drug-likeness (QED) is 0.562. The van der Waals surface area contributed by atoms with Crippen LogP contribution in [0.2, 0.25) is 0 Å². The fourth-order valence-electron chi connectivity index (χ4n) is 1.30. The van der Waals surface area contributed by atoms with Crippen LogP contribution in [0, 0.1) is 0 Å². The molecule has 0 aliphatic heterocycles. The van der Waals surface area contributed by atoms with Gasteiger partial charge in [-0.3, -0.25) is 4.79 Å². The summed E-state index contributed by atoms with van der Waals surface area (Å²) in [5, 5.41) is 13.3. The number of hydrogen-bond donors (Lipinski definition) is 3. The molecule has 0 spiro atoms. The summed E-state index contributed by atoms with van der Waals surface area (Å²) in [6.07, 6.45) is 2.03. The third kappa shape index (κ3) is 6.43. The van der Waals surface area contributed by atoms with E-state index in [1.54, 1.807) is 12.1 Å². The van der Waals surface area contributed by atoms with Crippen LogP contribution in [0.25, 0.3) is 0 Å². The Balaban J connectivity index is 2.39. The summed E-state index contributed by atoms with van der Waals surface area (Å²) in [7, 11) is -3.24. The van der Waals surface area contributed by atoms with Crippen LogP contribution in [0.3, 0.4) is 0 Å². The molecular formula is C11H19N5O3S. The van der Waals surface area contributed by atoms with Gasteiger partial charge in [0.05, 0.1) is 6.26 Å². The maximum absolute atomic E-state index is 11.7. The molecule has 112 valence electrons. The molecule has 0 atom stereocenters. The molecule has 0 radical (unpaired) electrons. The lowest BCUT2D eigenvalue weighted by molar-refractivity contribution is 0.0948. The van der Waals surface area contributed by atoms with Gasteiger partial charge in [0.25, 0.3) is 5.91 Å². The maximum Gasteiger partial charge on any atom is 0.271 e. The molecular weight excluding hydrogens is 282 g/mol. The third-order valence-electron chi connectivity index (χ3n) is 2.23. The second-order valence-corrected chi connectivity index (χ2v) is 5.99. The van der Waals surface area contributed by atoms with Crippen molar-refractivity contribution in [1.29, 1.82) is 0 Å². The Labute approximate surface area is 118 Å². The number of anilines is 1. The van der Waals surface area contributed by atoms with Crippen molar-refractivity contribution in [1.82, 2.24) is 20.2 Å². The number of sulfonamides is 1. The first-order valence-corrected chi connectivity index (χ1v) is 8.12. The summed E-state index contributed by atoms with van der Waals surface area (Å²) in [6, 6.07) is 3.23. The largest absolute Gasteiger partial charge is 0.369 e. The highest BCUT2D eigenvalue weighted by molar-refractivity contribution is 7.88. The van der Waals surface area contributed by atoms with Gasteiger partial charge in [-0.05, 0) is 18.6 Å². The molecule has 1 aromatic rings. The Kier molecular flexibility index (Phi) is 6.32.